The van der Waals surface area contributed by atoms with Crippen molar-refractivity contribution in [3.05, 3.63) is 28.0 Å². The van der Waals surface area contributed by atoms with Crippen molar-refractivity contribution in [2.24, 2.45) is 0 Å². The monoisotopic (exact) mass is 208 g/mol. The Balaban J connectivity index is 3.08. The Labute approximate surface area is 86.1 Å². The molecule has 1 aromatic heterocycles. The summed E-state index contributed by atoms with van der Waals surface area (Å²) in [4.78, 5) is 13.9. The molecular weight excluding hydrogens is 200 g/mol. The third-order valence-corrected chi connectivity index (χ3v) is 1.87. The molecule has 0 saturated heterocycles. The van der Waals surface area contributed by atoms with E-state index in [1.54, 1.807) is 6.92 Å². The lowest BCUT2D eigenvalue weighted by Gasteiger charge is -2.01. The van der Waals surface area contributed by atoms with Gasteiger partial charge in [0.05, 0.1) is 17.7 Å². The second-order valence-electron chi connectivity index (χ2n) is 2.46. The van der Waals surface area contributed by atoms with E-state index < -0.39 is 5.97 Å². The zero-order valence-corrected chi connectivity index (χ0v) is 8.35. The second kappa shape index (κ2) is 4.53. The minimum atomic E-state index is -0.463. The molecular formula is C9H8N2O2S. The van der Waals surface area contributed by atoms with E-state index in [0.717, 1.165) is 0 Å². The van der Waals surface area contributed by atoms with Crippen molar-refractivity contribution in [2.45, 2.75) is 6.92 Å². The molecule has 1 N–H and O–H groups in total. The van der Waals surface area contributed by atoms with Gasteiger partial charge >= 0.3 is 5.97 Å². The number of H-pyrrole nitrogens is 1. The van der Waals surface area contributed by atoms with Crippen LogP contribution in [0.5, 0.6) is 0 Å². The molecule has 0 atom stereocenters. The quantitative estimate of drug-likeness (QED) is 0.594. The summed E-state index contributed by atoms with van der Waals surface area (Å²) in [5.74, 6) is -0.463. The van der Waals surface area contributed by atoms with E-state index >= 15 is 0 Å². The number of esters is 1. The summed E-state index contributed by atoms with van der Waals surface area (Å²) in [6, 6.07) is 3.30. The standard InChI is InChI=1S/C9H8N2O2S/c1-2-13-9(12)7-3-6(4-10)8(14)11-5-7/h3,5H,2H2,1H3,(H,11,14). The van der Waals surface area contributed by atoms with Gasteiger partial charge in [-0.25, -0.2) is 4.79 Å². The minimum Gasteiger partial charge on any atom is -0.462 e. The maximum Gasteiger partial charge on any atom is 0.339 e. The van der Waals surface area contributed by atoms with Crippen LogP contribution in [0.25, 0.3) is 0 Å². The predicted molar refractivity (Wildman–Crippen MR) is 52.3 cm³/mol. The van der Waals surface area contributed by atoms with Crippen LogP contribution in [0, 0.1) is 16.0 Å². The predicted octanol–water partition coefficient (Wildman–Crippen LogP) is 1.79. The van der Waals surface area contributed by atoms with Crippen molar-refractivity contribution in [3.8, 4) is 6.07 Å². The van der Waals surface area contributed by atoms with Crippen LogP contribution in [0.3, 0.4) is 0 Å². The first-order valence-corrected chi connectivity index (χ1v) is 4.39. The van der Waals surface area contributed by atoms with E-state index in [1.807, 2.05) is 6.07 Å². The molecule has 1 rings (SSSR count). The number of aromatic nitrogens is 1. The lowest BCUT2D eigenvalue weighted by atomic mass is 10.2. The number of carbonyl (C=O) groups is 1. The highest BCUT2D eigenvalue weighted by atomic mass is 32.1. The number of nitriles is 1. The summed E-state index contributed by atoms with van der Waals surface area (Å²) < 4.78 is 5.08. The molecule has 0 bridgehead atoms. The molecule has 5 heteroatoms. The average molecular weight is 208 g/mol. The van der Waals surface area contributed by atoms with E-state index in [2.05, 4.69) is 4.98 Å². The Hall–Kier alpha value is -1.67. The lowest BCUT2D eigenvalue weighted by molar-refractivity contribution is 0.0526. The number of carbonyl (C=O) groups excluding carboxylic acids is 1. The van der Waals surface area contributed by atoms with Crippen LogP contribution in [-0.2, 0) is 4.74 Å². The van der Waals surface area contributed by atoms with E-state index in [-0.39, 0.29) is 5.56 Å². The molecule has 1 heterocycles. The SMILES string of the molecule is CCOC(=O)c1c[nH]c(=S)c(C#N)c1. The van der Waals surface area contributed by atoms with Crippen molar-refractivity contribution >= 4 is 18.2 Å². The normalized spacial score (nSPS) is 9.14. The smallest absolute Gasteiger partial charge is 0.339 e. The van der Waals surface area contributed by atoms with Gasteiger partial charge in [-0.3, -0.25) is 0 Å². The molecule has 0 aliphatic heterocycles. The highest BCUT2D eigenvalue weighted by Gasteiger charge is 2.07. The molecule has 0 fully saturated rings. The lowest BCUT2D eigenvalue weighted by Crippen LogP contribution is -2.05. The fourth-order valence-corrected chi connectivity index (χ4v) is 1.06. The van der Waals surface area contributed by atoms with E-state index in [0.29, 0.717) is 16.8 Å². The maximum atomic E-state index is 11.2. The molecule has 0 aromatic carbocycles. The first-order valence-electron chi connectivity index (χ1n) is 3.99. The third kappa shape index (κ3) is 2.18. The van der Waals surface area contributed by atoms with Crippen molar-refractivity contribution in [2.75, 3.05) is 6.61 Å². The van der Waals surface area contributed by atoms with Gasteiger partial charge in [-0.2, -0.15) is 5.26 Å². The van der Waals surface area contributed by atoms with Gasteiger partial charge in [-0.05, 0) is 13.0 Å². The van der Waals surface area contributed by atoms with Crippen molar-refractivity contribution < 1.29 is 9.53 Å². The summed E-state index contributed by atoms with van der Waals surface area (Å²) in [5, 5.41) is 8.67. The Morgan fingerprint density at radius 1 is 1.79 bits per heavy atom. The number of rotatable bonds is 2. The average Bonchev–Trinajstić information content (AvgIpc) is 2.19. The first kappa shape index (κ1) is 10.4. The summed E-state index contributed by atoms with van der Waals surface area (Å²) in [6.07, 6.45) is 1.43. The maximum absolute atomic E-state index is 11.2. The molecule has 0 aliphatic rings. The van der Waals surface area contributed by atoms with Crippen molar-refractivity contribution in [1.29, 1.82) is 5.26 Å². The van der Waals surface area contributed by atoms with Crippen molar-refractivity contribution in [3.63, 3.8) is 0 Å². The van der Waals surface area contributed by atoms with Gasteiger partial charge in [0.2, 0.25) is 0 Å². The molecule has 0 spiro atoms. The Kier molecular flexibility index (Phi) is 3.37. The second-order valence-corrected chi connectivity index (χ2v) is 2.87. The topological polar surface area (TPSA) is 65.9 Å². The number of hydrogen-bond donors (Lipinski definition) is 1. The van der Waals surface area contributed by atoms with Crippen LogP contribution in [0.2, 0.25) is 0 Å². The summed E-state index contributed by atoms with van der Waals surface area (Å²) >= 11 is 4.83. The fourth-order valence-electron chi connectivity index (χ4n) is 0.899. The van der Waals surface area contributed by atoms with Crippen LogP contribution in [0.1, 0.15) is 22.8 Å². The van der Waals surface area contributed by atoms with Crippen LogP contribution in [0.4, 0.5) is 0 Å². The van der Waals surface area contributed by atoms with Gasteiger partial charge in [0.25, 0.3) is 0 Å². The van der Waals surface area contributed by atoms with Crippen molar-refractivity contribution in [1.82, 2.24) is 4.98 Å². The molecule has 0 amide bonds. The first-order chi connectivity index (χ1) is 6.69. The van der Waals surface area contributed by atoms with Gasteiger partial charge in [-0.15, -0.1) is 0 Å². The summed E-state index contributed by atoms with van der Waals surface area (Å²) in [6.45, 7) is 2.02. The molecule has 4 nitrogen and oxygen atoms in total. The minimum absolute atomic E-state index is 0.269. The Morgan fingerprint density at radius 3 is 3.07 bits per heavy atom. The third-order valence-electron chi connectivity index (χ3n) is 1.53. The zero-order valence-electron chi connectivity index (χ0n) is 7.53. The van der Waals surface area contributed by atoms with Crippen LogP contribution in [0.15, 0.2) is 12.3 Å². The number of hydrogen-bond acceptors (Lipinski definition) is 4. The van der Waals surface area contributed by atoms with E-state index in [1.165, 1.54) is 12.3 Å². The zero-order chi connectivity index (χ0) is 10.6. The molecule has 14 heavy (non-hydrogen) atoms. The number of nitrogens with zero attached hydrogens (tertiary/aromatic N) is 1. The Morgan fingerprint density at radius 2 is 2.50 bits per heavy atom. The van der Waals surface area contributed by atoms with Gasteiger partial charge in [0.15, 0.2) is 0 Å². The fraction of sp³-hybridized carbons (Fsp3) is 0.222. The van der Waals surface area contributed by atoms with Gasteiger partial charge < -0.3 is 9.72 Å². The number of aromatic amines is 1. The van der Waals surface area contributed by atoms with Gasteiger partial charge in [0, 0.05) is 6.20 Å². The molecule has 0 aliphatic carbocycles. The van der Waals surface area contributed by atoms with Gasteiger partial charge in [0.1, 0.15) is 10.7 Å². The van der Waals surface area contributed by atoms with Crippen LogP contribution in [-0.4, -0.2) is 17.6 Å². The van der Waals surface area contributed by atoms with E-state index in [9.17, 15) is 4.79 Å². The molecule has 1 aromatic rings. The van der Waals surface area contributed by atoms with Gasteiger partial charge in [-0.1, -0.05) is 12.2 Å². The number of pyridine rings is 1. The van der Waals surface area contributed by atoms with Crippen LogP contribution < -0.4 is 0 Å². The largest absolute Gasteiger partial charge is 0.462 e. The molecule has 0 radical (unpaired) electrons. The highest BCUT2D eigenvalue weighted by molar-refractivity contribution is 7.71. The summed E-state index contributed by atoms with van der Waals surface area (Å²) in [7, 11) is 0. The number of nitrogens with one attached hydrogen (secondary N) is 1. The van der Waals surface area contributed by atoms with E-state index in [4.69, 9.17) is 22.2 Å². The molecule has 0 saturated carbocycles. The number of ether oxygens (including phenoxy) is 1. The molecule has 0 unspecified atom stereocenters. The summed E-state index contributed by atoms with van der Waals surface area (Å²) in [5.41, 5.74) is 0.572. The highest BCUT2D eigenvalue weighted by Crippen LogP contribution is 2.05. The van der Waals surface area contributed by atoms with Crippen LogP contribution >= 0.6 is 12.2 Å². The Bertz CT molecular complexity index is 445. The molecule has 72 valence electrons.